The Bertz CT molecular complexity index is 1370. The molecule has 0 bridgehead atoms. The van der Waals surface area contributed by atoms with Gasteiger partial charge in [-0.15, -0.1) is 0 Å². The lowest BCUT2D eigenvalue weighted by atomic mass is 9.94. The van der Waals surface area contributed by atoms with Crippen LogP contribution in [-0.2, 0) is 9.59 Å². The SMILES string of the molecule is CCCOc1ccccc1N1C(=O)C(=O)/C(=C(/O)c2cc(OCC)ccc2Cl)C1c1ccc(N(C)C)cc1. The summed E-state index contributed by atoms with van der Waals surface area (Å²) in [6, 6.07) is 18.5. The number of nitrogens with zero attached hydrogens (tertiary/aromatic N) is 2. The van der Waals surface area contributed by atoms with Gasteiger partial charge in [0.15, 0.2) is 0 Å². The first kappa shape index (κ1) is 27.1. The van der Waals surface area contributed by atoms with Crippen LogP contribution in [0.15, 0.2) is 72.3 Å². The average Bonchev–Trinajstić information content (AvgIpc) is 3.18. The Balaban J connectivity index is 1.95. The second-order valence-electron chi connectivity index (χ2n) is 9.05. The summed E-state index contributed by atoms with van der Waals surface area (Å²) in [6.07, 6.45) is 0.775. The fourth-order valence-corrected chi connectivity index (χ4v) is 4.64. The molecule has 0 saturated carbocycles. The minimum absolute atomic E-state index is 0.0616. The third-order valence-corrected chi connectivity index (χ3v) is 6.59. The van der Waals surface area contributed by atoms with Gasteiger partial charge >= 0.3 is 0 Å². The van der Waals surface area contributed by atoms with Crippen LogP contribution in [0.3, 0.4) is 0 Å². The van der Waals surface area contributed by atoms with Crippen LogP contribution in [0.25, 0.3) is 5.76 Å². The summed E-state index contributed by atoms with van der Waals surface area (Å²) < 4.78 is 11.5. The van der Waals surface area contributed by atoms with E-state index in [1.165, 1.54) is 4.90 Å². The smallest absolute Gasteiger partial charge is 0.300 e. The number of ether oxygens (including phenoxy) is 2. The monoisotopic (exact) mass is 534 g/mol. The molecule has 0 aromatic heterocycles. The molecule has 38 heavy (non-hydrogen) atoms. The van der Waals surface area contributed by atoms with E-state index in [-0.39, 0.29) is 21.9 Å². The molecule has 8 heteroatoms. The lowest BCUT2D eigenvalue weighted by Crippen LogP contribution is -2.30. The van der Waals surface area contributed by atoms with Crippen molar-refractivity contribution >= 4 is 40.4 Å². The van der Waals surface area contributed by atoms with Crippen LogP contribution in [-0.4, -0.2) is 44.1 Å². The quantitative estimate of drug-likeness (QED) is 0.199. The van der Waals surface area contributed by atoms with Crippen molar-refractivity contribution in [2.75, 3.05) is 37.1 Å². The number of amides is 1. The number of halogens is 1. The van der Waals surface area contributed by atoms with E-state index < -0.39 is 17.7 Å². The molecule has 1 fully saturated rings. The molecule has 1 aliphatic rings. The number of aliphatic hydroxyl groups is 1. The first-order valence-corrected chi connectivity index (χ1v) is 12.9. The van der Waals surface area contributed by atoms with E-state index in [9.17, 15) is 14.7 Å². The largest absolute Gasteiger partial charge is 0.507 e. The second kappa shape index (κ2) is 11.6. The number of carbonyl (C=O) groups is 2. The fourth-order valence-electron chi connectivity index (χ4n) is 4.43. The van der Waals surface area contributed by atoms with Gasteiger partial charge in [-0.1, -0.05) is 42.8 Å². The summed E-state index contributed by atoms with van der Waals surface area (Å²) >= 11 is 6.45. The third-order valence-electron chi connectivity index (χ3n) is 6.26. The number of hydrogen-bond donors (Lipinski definition) is 1. The molecule has 1 aliphatic heterocycles. The molecule has 1 amide bonds. The maximum absolute atomic E-state index is 13.6. The van der Waals surface area contributed by atoms with Crippen LogP contribution in [0.5, 0.6) is 11.5 Å². The van der Waals surface area contributed by atoms with Gasteiger partial charge in [-0.2, -0.15) is 0 Å². The van der Waals surface area contributed by atoms with Gasteiger partial charge in [-0.3, -0.25) is 14.5 Å². The predicted molar refractivity (Wildman–Crippen MR) is 150 cm³/mol. The van der Waals surface area contributed by atoms with Crippen LogP contribution in [0.1, 0.15) is 37.4 Å². The molecule has 3 aromatic carbocycles. The van der Waals surface area contributed by atoms with E-state index >= 15 is 0 Å². The number of anilines is 2. The summed E-state index contributed by atoms with van der Waals surface area (Å²) in [4.78, 5) is 30.5. The Morgan fingerprint density at radius 3 is 2.37 bits per heavy atom. The summed E-state index contributed by atoms with van der Waals surface area (Å²) in [5.74, 6) is -0.989. The first-order chi connectivity index (χ1) is 18.3. The molecule has 0 radical (unpaired) electrons. The highest BCUT2D eigenvalue weighted by molar-refractivity contribution is 6.52. The van der Waals surface area contributed by atoms with Crippen molar-refractivity contribution in [3.8, 4) is 11.5 Å². The average molecular weight is 535 g/mol. The van der Waals surface area contributed by atoms with Crippen LogP contribution in [0, 0.1) is 0 Å². The van der Waals surface area contributed by atoms with E-state index in [2.05, 4.69) is 0 Å². The maximum atomic E-state index is 13.6. The number of benzene rings is 3. The number of hydrogen-bond acceptors (Lipinski definition) is 6. The summed E-state index contributed by atoms with van der Waals surface area (Å²) in [6.45, 7) is 4.69. The molecule has 1 unspecified atom stereocenters. The van der Waals surface area contributed by atoms with Crippen molar-refractivity contribution in [3.05, 3.63) is 88.5 Å². The third kappa shape index (κ3) is 5.20. The zero-order valence-corrected chi connectivity index (χ0v) is 22.7. The van der Waals surface area contributed by atoms with Crippen LogP contribution < -0.4 is 19.3 Å². The van der Waals surface area contributed by atoms with Crippen molar-refractivity contribution in [2.45, 2.75) is 26.3 Å². The zero-order valence-electron chi connectivity index (χ0n) is 21.9. The van der Waals surface area contributed by atoms with E-state index in [0.29, 0.717) is 36.0 Å². The predicted octanol–water partition coefficient (Wildman–Crippen LogP) is 6.22. The highest BCUT2D eigenvalue weighted by atomic mass is 35.5. The summed E-state index contributed by atoms with van der Waals surface area (Å²) in [5.41, 5.74) is 2.19. The Kier molecular flexibility index (Phi) is 8.27. The van der Waals surface area contributed by atoms with Crippen LogP contribution in [0.2, 0.25) is 5.02 Å². The standard InChI is InChI=1S/C30H31ClN2O5/c1-5-17-38-25-10-8-7-9-24(25)33-27(19-11-13-20(14-12-19)32(3)4)26(29(35)30(33)36)28(34)22-18-21(37-6-2)15-16-23(22)31/h7-16,18,27,34H,5-6,17H2,1-4H3/b28-26+. The first-order valence-electron chi connectivity index (χ1n) is 12.5. The number of Topliss-reactive ketones (excluding diaryl/α,β-unsaturated/α-hetero) is 1. The highest BCUT2D eigenvalue weighted by Gasteiger charge is 2.48. The molecule has 0 spiro atoms. The second-order valence-corrected chi connectivity index (χ2v) is 9.45. The van der Waals surface area contributed by atoms with Crippen LogP contribution in [0.4, 0.5) is 11.4 Å². The van der Waals surface area contributed by atoms with Crippen molar-refractivity contribution in [1.29, 1.82) is 0 Å². The van der Waals surface area contributed by atoms with Gasteiger partial charge in [0, 0.05) is 25.3 Å². The minimum atomic E-state index is -0.913. The number of aliphatic hydroxyl groups excluding tert-OH is 1. The van der Waals surface area contributed by atoms with E-state index in [1.54, 1.807) is 36.4 Å². The molecule has 1 saturated heterocycles. The molecular weight excluding hydrogens is 504 g/mol. The lowest BCUT2D eigenvalue weighted by molar-refractivity contribution is -0.132. The van der Waals surface area contributed by atoms with Gasteiger partial charge in [-0.05, 0) is 61.4 Å². The highest BCUT2D eigenvalue weighted by Crippen LogP contribution is 2.46. The van der Waals surface area contributed by atoms with Crippen molar-refractivity contribution in [1.82, 2.24) is 0 Å². The lowest BCUT2D eigenvalue weighted by Gasteiger charge is -2.27. The topological polar surface area (TPSA) is 79.3 Å². The molecule has 0 aliphatic carbocycles. The van der Waals surface area contributed by atoms with Crippen LogP contribution >= 0.6 is 11.6 Å². The van der Waals surface area contributed by atoms with Gasteiger partial charge in [0.1, 0.15) is 17.3 Å². The van der Waals surface area contributed by atoms with E-state index in [0.717, 1.165) is 12.1 Å². The Hall–Kier alpha value is -3.97. The van der Waals surface area contributed by atoms with E-state index in [4.69, 9.17) is 21.1 Å². The fraction of sp³-hybridized carbons (Fsp3) is 0.267. The van der Waals surface area contributed by atoms with E-state index in [1.807, 2.05) is 63.2 Å². The molecule has 7 nitrogen and oxygen atoms in total. The molecule has 1 heterocycles. The normalized spacial score (nSPS) is 16.6. The molecule has 1 atom stereocenters. The number of ketones is 1. The van der Waals surface area contributed by atoms with Gasteiger partial charge in [0.25, 0.3) is 11.7 Å². The number of para-hydroxylation sites is 2. The van der Waals surface area contributed by atoms with Gasteiger partial charge < -0.3 is 19.5 Å². The Morgan fingerprint density at radius 2 is 1.71 bits per heavy atom. The zero-order chi connectivity index (χ0) is 27.4. The number of rotatable bonds is 9. The summed E-state index contributed by atoms with van der Waals surface area (Å²) in [7, 11) is 3.85. The van der Waals surface area contributed by atoms with Gasteiger partial charge in [0.2, 0.25) is 0 Å². The van der Waals surface area contributed by atoms with Gasteiger partial charge in [-0.25, -0.2) is 0 Å². The molecule has 3 aromatic rings. The Labute approximate surface area is 227 Å². The minimum Gasteiger partial charge on any atom is -0.507 e. The number of carbonyl (C=O) groups excluding carboxylic acids is 2. The van der Waals surface area contributed by atoms with Crippen molar-refractivity contribution in [3.63, 3.8) is 0 Å². The molecular formula is C30H31ClN2O5. The van der Waals surface area contributed by atoms with Gasteiger partial charge in [0.05, 0.1) is 35.5 Å². The molecule has 4 rings (SSSR count). The summed E-state index contributed by atoms with van der Waals surface area (Å²) in [5, 5.41) is 11.8. The Morgan fingerprint density at radius 1 is 1.00 bits per heavy atom. The molecule has 198 valence electrons. The van der Waals surface area contributed by atoms with Crippen molar-refractivity contribution < 1.29 is 24.2 Å². The molecule has 1 N–H and O–H groups in total. The van der Waals surface area contributed by atoms with Crippen molar-refractivity contribution in [2.24, 2.45) is 0 Å². The maximum Gasteiger partial charge on any atom is 0.300 e.